The fourth-order valence-electron chi connectivity index (χ4n) is 3.64. The lowest BCUT2D eigenvalue weighted by molar-refractivity contribution is 0.394. The zero-order valence-electron chi connectivity index (χ0n) is 18.1. The maximum absolute atomic E-state index is 6.02. The maximum atomic E-state index is 6.02. The van der Waals surface area contributed by atoms with Crippen molar-refractivity contribution in [1.82, 2.24) is 14.6 Å². The topological polar surface area (TPSA) is 60.7 Å². The van der Waals surface area contributed by atoms with E-state index in [2.05, 4.69) is 12.2 Å². The summed E-state index contributed by atoms with van der Waals surface area (Å²) in [6.07, 6.45) is 0.847. The van der Waals surface area contributed by atoms with E-state index >= 15 is 0 Å². The summed E-state index contributed by atoms with van der Waals surface area (Å²) in [5.74, 6) is 2.37. The van der Waals surface area contributed by atoms with Gasteiger partial charge in [0.2, 0.25) is 0 Å². The highest BCUT2D eigenvalue weighted by molar-refractivity contribution is 6.30. The molecule has 0 amide bonds. The molecule has 0 saturated heterocycles. The lowest BCUT2D eigenvalue weighted by Gasteiger charge is -2.15. The van der Waals surface area contributed by atoms with E-state index in [0.29, 0.717) is 18.0 Å². The molecule has 0 unspecified atom stereocenters. The standard InChI is InChI=1S/C24H25ClN4O2/c1-5-21-15(2)27-23-13-22(17-10-19(30-3)12-20(11-17)31-4)28-29(23)24(21)26-14-16-6-8-18(25)9-7-16/h6-13,26H,5,14H2,1-4H3. The molecule has 2 heterocycles. The van der Waals surface area contributed by atoms with Crippen LogP contribution in [0.2, 0.25) is 5.02 Å². The van der Waals surface area contributed by atoms with Gasteiger partial charge in [0.25, 0.3) is 0 Å². The minimum absolute atomic E-state index is 0.658. The highest BCUT2D eigenvalue weighted by atomic mass is 35.5. The summed E-state index contributed by atoms with van der Waals surface area (Å²) in [6, 6.07) is 15.5. The fourth-order valence-corrected chi connectivity index (χ4v) is 3.77. The summed E-state index contributed by atoms with van der Waals surface area (Å²) in [6.45, 7) is 4.82. The molecular weight excluding hydrogens is 412 g/mol. The molecule has 0 fully saturated rings. The van der Waals surface area contributed by atoms with Crippen molar-refractivity contribution in [3.63, 3.8) is 0 Å². The molecule has 0 bridgehead atoms. The third-order valence-corrected chi connectivity index (χ3v) is 5.53. The number of nitrogens with zero attached hydrogens (tertiary/aromatic N) is 3. The van der Waals surface area contributed by atoms with Crippen LogP contribution >= 0.6 is 11.6 Å². The third-order valence-electron chi connectivity index (χ3n) is 5.28. The third kappa shape index (κ3) is 4.30. The lowest BCUT2D eigenvalue weighted by atomic mass is 10.1. The van der Waals surface area contributed by atoms with Crippen LogP contribution < -0.4 is 14.8 Å². The van der Waals surface area contributed by atoms with Crippen LogP contribution in [0.5, 0.6) is 11.5 Å². The fraction of sp³-hybridized carbons (Fsp3) is 0.250. The number of fused-ring (bicyclic) bond motifs is 1. The van der Waals surface area contributed by atoms with Gasteiger partial charge in [0.15, 0.2) is 5.65 Å². The molecule has 0 radical (unpaired) electrons. The number of benzene rings is 2. The van der Waals surface area contributed by atoms with E-state index in [1.165, 1.54) is 0 Å². The number of aryl methyl sites for hydroxylation is 1. The minimum Gasteiger partial charge on any atom is -0.497 e. The van der Waals surface area contributed by atoms with Crippen molar-refractivity contribution < 1.29 is 9.47 Å². The Morgan fingerprint density at radius 2 is 1.68 bits per heavy atom. The largest absolute Gasteiger partial charge is 0.497 e. The number of hydrogen-bond donors (Lipinski definition) is 1. The number of aromatic nitrogens is 3. The van der Waals surface area contributed by atoms with Gasteiger partial charge in [-0.2, -0.15) is 9.61 Å². The van der Waals surface area contributed by atoms with Gasteiger partial charge in [0, 0.05) is 40.5 Å². The van der Waals surface area contributed by atoms with Gasteiger partial charge in [-0.25, -0.2) is 4.98 Å². The van der Waals surface area contributed by atoms with Gasteiger partial charge < -0.3 is 14.8 Å². The first-order valence-corrected chi connectivity index (χ1v) is 10.5. The first kappa shape index (κ1) is 21.0. The first-order valence-electron chi connectivity index (χ1n) is 10.1. The van der Waals surface area contributed by atoms with Crippen molar-refractivity contribution >= 4 is 23.1 Å². The molecule has 0 aliphatic rings. The SMILES string of the molecule is CCc1c(C)nc2cc(-c3cc(OC)cc(OC)c3)nn2c1NCc1ccc(Cl)cc1. The molecule has 31 heavy (non-hydrogen) atoms. The summed E-state index contributed by atoms with van der Waals surface area (Å²) >= 11 is 6.02. The number of methoxy groups -OCH3 is 2. The van der Waals surface area contributed by atoms with Crippen LogP contribution in [0, 0.1) is 6.92 Å². The van der Waals surface area contributed by atoms with E-state index in [1.807, 2.05) is 60.0 Å². The number of hydrogen-bond acceptors (Lipinski definition) is 5. The van der Waals surface area contributed by atoms with Crippen molar-refractivity contribution in [3.8, 4) is 22.8 Å². The van der Waals surface area contributed by atoms with Crippen molar-refractivity contribution in [2.45, 2.75) is 26.8 Å². The molecule has 0 aliphatic carbocycles. The molecule has 2 aromatic carbocycles. The quantitative estimate of drug-likeness (QED) is 0.411. The zero-order chi connectivity index (χ0) is 22.0. The highest BCUT2D eigenvalue weighted by Gasteiger charge is 2.16. The van der Waals surface area contributed by atoms with Crippen molar-refractivity contribution in [2.75, 3.05) is 19.5 Å². The van der Waals surface area contributed by atoms with Crippen LogP contribution in [0.3, 0.4) is 0 Å². The molecule has 2 aromatic heterocycles. The number of nitrogens with one attached hydrogen (secondary N) is 1. The average molecular weight is 437 g/mol. The van der Waals surface area contributed by atoms with Crippen LogP contribution in [-0.4, -0.2) is 28.8 Å². The Balaban J connectivity index is 1.78. The molecular formula is C24H25ClN4O2. The molecule has 0 atom stereocenters. The van der Waals surface area contributed by atoms with Crippen molar-refractivity contribution in [2.24, 2.45) is 0 Å². The molecule has 6 nitrogen and oxygen atoms in total. The molecule has 0 aliphatic heterocycles. The minimum atomic E-state index is 0.658. The second-order valence-corrected chi connectivity index (χ2v) is 7.70. The zero-order valence-corrected chi connectivity index (χ0v) is 18.8. The van der Waals surface area contributed by atoms with Gasteiger partial charge in [-0.15, -0.1) is 0 Å². The predicted octanol–water partition coefficient (Wildman–Crippen LogP) is 5.55. The Hall–Kier alpha value is -3.25. The summed E-state index contributed by atoms with van der Waals surface area (Å²) in [4.78, 5) is 4.79. The van der Waals surface area contributed by atoms with Crippen molar-refractivity contribution in [3.05, 3.63) is 70.4 Å². The Morgan fingerprint density at radius 1 is 1.00 bits per heavy atom. The Morgan fingerprint density at radius 3 is 2.29 bits per heavy atom. The van der Waals surface area contributed by atoms with Crippen LogP contribution in [0.4, 0.5) is 5.82 Å². The molecule has 4 aromatic rings. The van der Waals surface area contributed by atoms with Gasteiger partial charge in [0.05, 0.1) is 19.9 Å². The Kier molecular flexibility index (Phi) is 6.00. The number of rotatable bonds is 7. The van der Waals surface area contributed by atoms with E-state index in [0.717, 1.165) is 51.0 Å². The van der Waals surface area contributed by atoms with Gasteiger partial charge in [-0.1, -0.05) is 30.7 Å². The van der Waals surface area contributed by atoms with Gasteiger partial charge >= 0.3 is 0 Å². The van der Waals surface area contributed by atoms with E-state index in [-0.39, 0.29) is 0 Å². The van der Waals surface area contributed by atoms with Crippen LogP contribution in [0.1, 0.15) is 23.7 Å². The second-order valence-electron chi connectivity index (χ2n) is 7.26. The van der Waals surface area contributed by atoms with Gasteiger partial charge in [-0.3, -0.25) is 0 Å². The van der Waals surface area contributed by atoms with Gasteiger partial charge in [0.1, 0.15) is 17.3 Å². The Labute approximate surface area is 186 Å². The predicted molar refractivity (Wildman–Crippen MR) is 124 cm³/mol. The van der Waals surface area contributed by atoms with Crippen LogP contribution in [-0.2, 0) is 13.0 Å². The summed E-state index contributed by atoms with van der Waals surface area (Å²) in [5, 5.41) is 9.16. The van der Waals surface area contributed by atoms with Crippen LogP contribution in [0.15, 0.2) is 48.5 Å². The summed E-state index contributed by atoms with van der Waals surface area (Å²) in [5.41, 5.74) is 5.75. The maximum Gasteiger partial charge on any atom is 0.158 e. The molecule has 160 valence electrons. The first-order chi connectivity index (χ1) is 15.0. The molecule has 0 saturated carbocycles. The normalized spacial score (nSPS) is 11.0. The van der Waals surface area contributed by atoms with E-state index in [9.17, 15) is 0 Å². The molecule has 4 rings (SSSR count). The monoisotopic (exact) mass is 436 g/mol. The number of ether oxygens (including phenoxy) is 2. The van der Waals surface area contributed by atoms with E-state index in [4.69, 9.17) is 31.2 Å². The molecule has 7 heteroatoms. The second kappa shape index (κ2) is 8.86. The lowest BCUT2D eigenvalue weighted by Crippen LogP contribution is -2.11. The number of halogens is 1. The molecule has 1 N–H and O–H groups in total. The van der Waals surface area contributed by atoms with E-state index in [1.54, 1.807) is 14.2 Å². The molecule has 0 spiro atoms. The highest BCUT2D eigenvalue weighted by Crippen LogP contribution is 2.31. The summed E-state index contributed by atoms with van der Waals surface area (Å²) < 4.78 is 12.7. The van der Waals surface area contributed by atoms with Crippen molar-refractivity contribution in [1.29, 1.82) is 0 Å². The average Bonchev–Trinajstić information content (AvgIpc) is 3.21. The van der Waals surface area contributed by atoms with Crippen LogP contribution in [0.25, 0.3) is 16.9 Å². The smallest absolute Gasteiger partial charge is 0.158 e. The number of anilines is 1. The van der Waals surface area contributed by atoms with E-state index < -0.39 is 0 Å². The summed E-state index contributed by atoms with van der Waals surface area (Å²) in [7, 11) is 3.28. The Bertz CT molecular complexity index is 1200. The van der Waals surface area contributed by atoms with Gasteiger partial charge in [-0.05, 0) is 43.2 Å².